The summed E-state index contributed by atoms with van der Waals surface area (Å²) in [5.41, 5.74) is 2.60. The van der Waals surface area contributed by atoms with Crippen molar-refractivity contribution >= 4 is 8.46 Å². The lowest BCUT2D eigenvalue weighted by Crippen LogP contribution is -2.17. The highest BCUT2D eigenvalue weighted by Crippen LogP contribution is 2.35. The second kappa shape index (κ2) is 13.4. The lowest BCUT2D eigenvalue weighted by atomic mass is 9.76. The van der Waals surface area contributed by atoms with Gasteiger partial charge in [-0.15, -0.1) is 0 Å². The molecular weight excluding hydrogens is 315 g/mol. The van der Waals surface area contributed by atoms with Crippen molar-refractivity contribution in [3.05, 3.63) is 29.3 Å². The molecule has 1 rings (SSSR count). The van der Waals surface area contributed by atoms with Crippen molar-refractivity contribution in [1.82, 2.24) is 0 Å². The fourth-order valence-electron chi connectivity index (χ4n) is 3.10. The zero-order valence-electron chi connectivity index (χ0n) is 16.5. The average molecular weight is 354 g/mol. The van der Waals surface area contributed by atoms with Crippen molar-refractivity contribution in [1.29, 1.82) is 0 Å². The molecule has 0 radical (unpaired) electrons. The maximum atomic E-state index is 10.3. The third-order valence-corrected chi connectivity index (χ3v) is 5.91. The molecule has 0 bridgehead atoms. The van der Waals surface area contributed by atoms with E-state index >= 15 is 0 Å². The summed E-state index contributed by atoms with van der Waals surface area (Å²) < 4.78 is 10.3. The van der Waals surface area contributed by atoms with Gasteiger partial charge in [0.1, 0.15) is 11.9 Å². The molecule has 1 aromatic rings. The van der Waals surface area contributed by atoms with E-state index in [-0.39, 0.29) is 8.46 Å². The minimum Gasteiger partial charge on any atom is -0.507 e. The first-order valence-electron chi connectivity index (χ1n) is 9.62. The highest BCUT2D eigenvalue weighted by atomic mass is 31.1. The summed E-state index contributed by atoms with van der Waals surface area (Å²) in [4.78, 5) is 0. The van der Waals surface area contributed by atoms with E-state index in [1.165, 1.54) is 32.1 Å². The fraction of sp³-hybridized carbons (Fsp3) is 0.714. The van der Waals surface area contributed by atoms with Gasteiger partial charge in [-0.1, -0.05) is 76.1 Å². The van der Waals surface area contributed by atoms with Gasteiger partial charge in [-0.3, -0.25) is 0 Å². The van der Waals surface area contributed by atoms with Gasteiger partial charge in [0.05, 0.1) is 0 Å². The Kier molecular flexibility index (Phi) is 12.9. The van der Waals surface area contributed by atoms with E-state index in [9.17, 15) is 9.67 Å². The van der Waals surface area contributed by atoms with E-state index in [1.54, 1.807) is 0 Å². The maximum Gasteiger partial charge on any atom is 0.324 e. The maximum absolute atomic E-state index is 10.3. The third kappa shape index (κ3) is 8.29. The van der Waals surface area contributed by atoms with Gasteiger partial charge >= 0.3 is 8.46 Å². The van der Waals surface area contributed by atoms with E-state index in [0.717, 1.165) is 36.6 Å². The molecule has 0 saturated carbocycles. The van der Waals surface area contributed by atoms with Crippen molar-refractivity contribution in [3.63, 3.8) is 0 Å². The molecule has 0 aromatic heterocycles. The second-order valence-electron chi connectivity index (χ2n) is 6.74. The summed E-state index contributed by atoms with van der Waals surface area (Å²) in [5, 5.41) is 9.62. The van der Waals surface area contributed by atoms with E-state index in [2.05, 4.69) is 27.7 Å². The van der Waals surface area contributed by atoms with Gasteiger partial charge in [-0.25, -0.2) is 0 Å². The molecule has 2 nitrogen and oxygen atoms in total. The Morgan fingerprint density at radius 1 is 1.04 bits per heavy atom. The molecular formula is C21H38O2P+. The number of phenolic OH excluding ortho intramolecular Hbond substituents is 1. The Morgan fingerprint density at radius 2 is 1.67 bits per heavy atom. The molecule has 1 atom stereocenters. The van der Waals surface area contributed by atoms with Crippen molar-refractivity contribution in [2.24, 2.45) is 5.41 Å². The zero-order valence-corrected chi connectivity index (χ0v) is 17.5. The number of unbranched alkanes of at least 4 members (excludes halogenated alkanes) is 1. The van der Waals surface area contributed by atoms with E-state index < -0.39 is 0 Å². The Morgan fingerprint density at radius 3 is 2.17 bits per heavy atom. The Hall–Kier alpha value is -0.880. The number of hydrogen-bond donors (Lipinski definition) is 1. The number of para-hydroxylation sites is 1. The van der Waals surface area contributed by atoms with E-state index in [4.69, 9.17) is 0 Å². The highest BCUT2D eigenvalue weighted by Gasteiger charge is 2.23. The summed E-state index contributed by atoms with van der Waals surface area (Å²) in [6.45, 7) is 10.9. The van der Waals surface area contributed by atoms with Crippen molar-refractivity contribution in [3.8, 4) is 5.75 Å². The molecule has 0 amide bonds. The molecule has 1 aromatic carbocycles. The predicted octanol–water partition coefficient (Wildman–Crippen LogP) is 7.05. The lowest BCUT2D eigenvalue weighted by molar-refractivity contribution is 0.227. The summed E-state index contributed by atoms with van der Waals surface area (Å²) in [6, 6.07) is 5.93. The molecule has 138 valence electrons. The number of hydrogen-bond acceptors (Lipinski definition) is 2. The van der Waals surface area contributed by atoms with Crippen LogP contribution in [0.25, 0.3) is 0 Å². The van der Waals surface area contributed by atoms with Crippen LogP contribution in [0.5, 0.6) is 5.75 Å². The number of aromatic hydroxyl groups is 1. The van der Waals surface area contributed by atoms with Gasteiger partial charge in [-0.2, -0.15) is 0 Å². The Labute approximate surface area is 151 Å². The van der Waals surface area contributed by atoms with Crippen LogP contribution in [-0.2, 0) is 11.0 Å². The lowest BCUT2D eigenvalue weighted by Gasteiger charge is -2.29. The van der Waals surface area contributed by atoms with Crippen LogP contribution in [0, 0.1) is 12.3 Å². The van der Waals surface area contributed by atoms with Crippen LogP contribution in [0.2, 0.25) is 0 Å². The first-order chi connectivity index (χ1) is 11.5. The quantitative estimate of drug-likeness (QED) is 0.361. The predicted molar refractivity (Wildman–Crippen MR) is 108 cm³/mol. The molecule has 1 unspecified atom stereocenters. The number of rotatable bonds is 10. The second-order valence-corrected chi connectivity index (χ2v) is 7.53. The van der Waals surface area contributed by atoms with Crippen LogP contribution >= 0.6 is 8.46 Å². The van der Waals surface area contributed by atoms with Gasteiger partial charge in [0.2, 0.25) is 0 Å². The molecule has 0 aliphatic heterocycles. The summed E-state index contributed by atoms with van der Waals surface area (Å²) >= 11 is 0. The van der Waals surface area contributed by atoms with Crippen molar-refractivity contribution < 1.29 is 9.67 Å². The van der Waals surface area contributed by atoms with Crippen LogP contribution in [0.1, 0.15) is 83.8 Å². The highest BCUT2D eigenvalue weighted by molar-refractivity contribution is 7.23. The molecule has 24 heavy (non-hydrogen) atoms. The van der Waals surface area contributed by atoms with Gasteiger partial charge < -0.3 is 5.11 Å². The Balaban J connectivity index is 0.000000441. The van der Waals surface area contributed by atoms with Gasteiger partial charge in [-0.05, 0) is 49.1 Å². The molecule has 0 heterocycles. The number of benzene rings is 1. The van der Waals surface area contributed by atoms with E-state index in [0.29, 0.717) is 11.2 Å². The Bertz CT molecular complexity index is 445. The topological polar surface area (TPSA) is 37.3 Å². The van der Waals surface area contributed by atoms with Crippen LogP contribution in [0.15, 0.2) is 18.2 Å². The SMILES string of the molecule is CCC(CC)(CC)CCC[PH+]=O.CCCCc1cccc(C)c1O. The van der Waals surface area contributed by atoms with Crippen LogP contribution in [0.4, 0.5) is 0 Å². The largest absolute Gasteiger partial charge is 0.507 e. The van der Waals surface area contributed by atoms with Crippen molar-refractivity contribution in [2.45, 2.75) is 86.0 Å². The molecule has 1 N–H and O–H groups in total. The molecule has 0 saturated heterocycles. The first kappa shape index (κ1) is 23.1. The third-order valence-electron chi connectivity index (χ3n) is 5.36. The monoisotopic (exact) mass is 353 g/mol. The molecule has 3 heteroatoms. The normalized spacial score (nSPS) is 11.2. The minimum atomic E-state index is -0.102. The van der Waals surface area contributed by atoms with E-state index in [1.807, 2.05) is 25.1 Å². The summed E-state index contributed by atoms with van der Waals surface area (Å²) in [7, 11) is -0.102. The fourth-order valence-corrected chi connectivity index (χ4v) is 3.43. The van der Waals surface area contributed by atoms with Gasteiger partial charge in [0, 0.05) is 0 Å². The number of aryl methyl sites for hydroxylation is 2. The minimum absolute atomic E-state index is 0.102. The molecule has 0 aliphatic carbocycles. The van der Waals surface area contributed by atoms with Crippen LogP contribution < -0.4 is 0 Å². The molecule has 0 fully saturated rings. The van der Waals surface area contributed by atoms with Crippen LogP contribution in [-0.4, -0.2) is 11.3 Å². The molecule has 0 spiro atoms. The summed E-state index contributed by atoms with van der Waals surface area (Å²) in [5.74, 6) is 0.478. The summed E-state index contributed by atoms with van der Waals surface area (Å²) in [6.07, 6.45) is 10.4. The average Bonchev–Trinajstić information content (AvgIpc) is 2.61. The smallest absolute Gasteiger partial charge is 0.324 e. The first-order valence-corrected chi connectivity index (χ1v) is 10.7. The van der Waals surface area contributed by atoms with Crippen molar-refractivity contribution in [2.75, 3.05) is 6.16 Å². The standard InChI is InChI=1S/C11H16O.C10H21OP/c1-3-4-7-10-8-5-6-9(2)11(10)12;1-4-10(5-2,6-3)8-7-9-12-11/h5-6,8,12H,3-4,7H2,1-2H3;4-9H2,1-3H3/p+1. The van der Waals surface area contributed by atoms with Crippen LogP contribution in [0.3, 0.4) is 0 Å². The van der Waals surface area contributed by atoms with Gasteiger partial charge in [0.15, 0.2) is 0 Å². The van der Waals surface area contributed by atoms with Gasteiger partial charge in [0.25, 0.3) is 0 Å². The number of phenols is 1. The molecule has 0 aliphatic rings. The zero-order chi connectivity index (χ0) is 18.4.